The molecular weight excluding hydrogens is 274 g/mol. The highest BCUT2D eigenvalue weighted by Gasteiger charge is 2.24. The highest BCUT2D eigenvalue weighted by Crippen LogP contribution is 2.31. The van der Waals surface area contributed by atoms with Crippen molar-refractivity contribution in [2.75, 3.05) is 19.6 Å². The van der Waals surface area contributed by atoms with Crippen molar-refractivity contribution in [2.45, 2.75) is 25.3 Å². The molecule has 1 atom stereocenters. The number of rotatable bonds is 5. The minimum absolute atomic E-state index is 0.566. The average molecular weight is 292 g/mol. The molecule has 0 unspecified atom stereocenters. The molecule has 1 aliphatic rings. The number of likely N-dealkylation sites (tertiary alicyclic amines) is 1. The summed E-state index contributed by atoms with van der Waals surface area (Å²) in [6.07, 6.45) is 3.92. The third-order valence-corrected chi connectivity index (χ3v) is 4.21. The van der Waals surface area contributed by atoms with Crippen LogP contribution in [0.2, 0.25) is 5.02 Å². The van der Waals surface area contributed by atoms with E-state index in [-0.39, 0.29) is 0 Å². The molecule has 0 aliphatic carbocycles. The number of tetrazole rings is 1. The molecule has 3 rings (SSSR count). The van der Waals surface area contributed by atoms with Crippen molar-refractivity contribution in [1.82, 2.24) is 25.1 Å². The van der Waals surface area contributed by atoms with Gasteiger partial charge in [0, 0.05) is 18.1 Å². The zero-order valence-electron chi connectivity index (χ0n) is 11.3. The Hall–Kier alpha value is -1.46. The van der Waals surface area contributed by atoms with Crippen molar-refractivity contribution in [3.8, 4) is 0 Å². The van der Waals surface area contributed by atoms with Crippen LogP contribution in [0.25, 0.3) is 0 Å². The van der Waals surface area contributed by atoms with E-state index >= 15 is 0 Å². The molecule has 0 spiro atoms. The lowest BCUT2D eigenvalue weighted by Gasteiger charge is -2.16. The number of aromatic nitrogens is 4. The van der Waals surface area contributed by atoms with Gasteiger partial charge in [0.05, 0.1) is 0 Å². The van der Waals surface area contributed by atoms with Crippen molar-refractivity contribution >= 4 is 11.6 Å². The van der Waals surface area contributed by atoms with Crippen LogP contribution in [-0.2, 0) is 6.54 Å². The third kappa shape index (κ3) is 3.16. The summed E-state index contributed by atoms with van der Waals surface area (Å²) in [5.74, 6) is 0.566. The van der Waals surface area contributed by atoms with Gasteiger partial charge < -0.3 is 4.90 Å². The standard InChI is InChI=1S/C14H18ClN5/c15-14-5-2-1-4-13(14)12-6-9-19(10-12)7-3-8-20-11-16-17-18-20/h1-2,4-5,11-12H,3,6-10H2/t12-/m1/s1. The molecule has 1 aromatic heterocycles. The topological polar surface area (TPSA) is 46.8 Å². The highest BCUT2D eigenvalue weighted by atomic mass is 35.5. The summed E-state index contributed by atoms with van der Waals surface area (Å²) in [6.45, 7) is 4.20. The van der Waals surface area contributed by atoms with Gasteiger partial charge in [0.25, 0.3) is 0 Å². The SMILES string of the molecule is Clc1ccccc1[C@@H]1CCN(CCCn2cnnn2)C1. The second-order valence-electron chi connectivity index (χ2n) is 5.23. The van der Waals surface area contributed by atoms with E-state index < -0.39 is 0 Å². The highest BCUT2D eigenvalue weighted by molar-refractivity contribution is 6.31. The Morgan fingerprint density at radius 2 is 2.15 bits per heavy atom. The Bertz CT molecular complexity index is 542. The van der Waals surface area contributed by atoms with Crippen LogP contribution in [0.5, 0.6) is 0 Å². The van der Waals surface area contributed by atoms with Crippen LogP contribution in [-0.4, -0.2) is 44.7 Å². The fourth-order valence-corrected chi connectivity index (χ4v) is 3.12. The summed E-state index contributed by atoms with van der Waals surface area (Å²) in [5.41, 5.74) is 1.29. The quantitative estimate of drug-likeness (QED) is 0.847. The maximum Gasteiger partial charge on any atom is 0.138 e. The van der Waals surface area contributed by atoms with Gasteiger partial charge in [-0.2, -0.15) is 0 Å². The number of benzene rings is 1. The van der Waals surface area contributed by atoms with E-state index in [9.17, 15) is 0 Å². The van der Waals surface area contributed by atoms with E-state index in [1.54, 1.807) is 11.0 Å². The molecule has 0 saturated carbocycles. The number of hydrogen-bond donors (Lipinski definition) is 0. The molecule has 106 valence electrons. The van der Waals surface area contributed by atoms with Crippen LogP contribution in [0.15, 0.2) is 30.6 Å². The number of hydrogen-bond acceptors (Lipinski definition) is 4. The van der Waals surface area contributed by atoms with Gasteiger partial charge >= 0.3 is 0 Å². The van der Waals surface area contributed by atoms with Crippen LogP contribution < -0.4 is 0 Å². The minimum atomic E-state index is 0.566. The smallest absolute Gasteiger partial charge is 0.138 e. The van der Waals surface area contributed by atoms with E-state index in [2.05, 4.69) is 32.6 Å². The van der Waals surface area contributed by atoms with Crippen LogP contribution in [0.4, 0.5) is 0 Å². The molecular formula is C14H18ClN5. The minimum Gasteiger partial charge on any atom is -0.303 e. The molecule has 5 nitrogen and oxygen atoms in total. The Morgan fingerprint density at radius 3 is 2.95 bits per heavy atom. The van der Waals surface area contributed by atoms with Gasteiger partial charge in [-0.15, -0.1) is 5.10 Å². The van der Waals surface area contributed by atoms with Crippen molar-refractivity contribution in [2.24, 2.45) is 0 Å². The summed E-state index contributed by atoms with van der Waals surface area (Å²) < 4.78 is 1.78. The first-order valence-corrected chi connectivity index (χ1v) is 7.38. The largest absolute Gasteiger partial charge is 0.303 e. The summed E-state index contributed by atoms with van der Waals surface area (Å²) in [7, 11) is 0. The summed E-state index contributed by atoms with van der Waals surface area (Å²) in [4.78, 5) is 2.50. The third-order valence-electron chi connectivity index (χ3n) is 3.87. The van der Waals surface area contributed by atoms with Gasteiger partial charge in [-0.05, 0) is 53.9 Å². The molecule has 1 fully saturated rings. The normalized spacial score (nSPS) is 19.6. The molecule has 2 heterocycles. The number of aryl methyl sites for hydroxylation is 1. The fourth-order valence-electron chi connectivity index (χ4n) is 2.83. The molecule has 1 aliphatic heterocycles. The van der Waals surface area contributed by atoms with E-state index in [1.165, 1.54) is 12.0 Å². The van der Waals surface area contributed by atoms with Crippen LogP contribution in [0.3, 0.4) is 0 Å². The lowest BCUT2D eigenvalue weighted by atomic mass is 9.98. The van der Waals surface area contributed by atoms with Gasteiger partial charge in [-0.3, -0.25) is 0 Å². The fraction of sp³-hybridized carbons (Fsp3) is 0.500. The summed E-state index contributed by atoms with van der Waals surface area (Å²) in [5, 5.41) is 12.0. The Balaban J connectivity index is 1.49. The Kier molecular flexibility index (Phi) is 4.28. The van der Waals surface area contributed by atoms with E-state index in [1.807, 2.05) is 12.1 Å². The second kappa shape index (κ2) is 6.33. The molecule has 1 aromatic carbocycles. The van der Waals surface area contributed by atoms with Crippen molar-refractivity contribution in [3.63, 3.8) is 0 Å². The Labute approximate surface area is 123 Å². The van der Waals surface area contributed by atoms with Gasteiger partial charge in [-0.1, -0.05) is 29.8 Å². The molecule has 0 N–H and O–H groups in total. The van der Waals surface area contributed by atoms with E-state index in [0.29, 0.717) is 5.92 Å². The second-order valence-corrected chi connectivity index (χ2v) is 5.64. The predicted molar refractivity (Wildman–Crippen MR) is 77.7 cm³/mol. The number of halogens is 1. The van der Waals surface area contributed by atoms with E-state index in [4.69, 9.17) is 11.6 Å². The first-order chi connectivity index (χ1) is 9.83. The first kappa shape index (κ1) is 13.5. The molecule has 20 heavy (non-hydrogen) atoms. The molecule has 0 bridgehead atoms. The van der Waals surface area contributed by atoms with Crippen LogP contribution in [0.1, 0.15) is 24.3 Å². The lowest BCUT2D eigenvalue weighted by Crippen LogP contribution is -2.22. The maximum absolute atomic E-state index is 6.28. The van der Waals surface area contributed by atoms with Gasteiger partial charge in [0.1, 0.15) is 6.33 Å². The summed E-state index contributed by atoms with van der Waals surface area (Å²) >= 11 is 6.28. The molecule has 0 amide bonds. The molecule has 2 aromatic rings. The average Bonchev–Trinajstić information content (AvgIpc) is 3.11. The lowest BCUT2D eigenvalue weighted by molar-refractivity contribution is 0.317. The number of nitrogens with zero attached hydrogens (tertiary/aromatic N) is 5. The monoisotopic (exact) mass is 291 g/mol. The van der Waals surface area contributed by atoms with Gasteiger partial charge in [0.15, 0.2) is 0 Å². The van der Waals surface area contributed by atoms with Crippen LogP contribution >= 0.6 is 11.6 Å². The predicted octanol–water partition coefficient (Wildman–Crippen LogP) is 2.21. The molecule has 0 radical (unpaired) electrons. The molecule has 1 saturated heterocycles. The van der Waals surface area contributed by atoms with E-state index in [0.717, 1.165) is 37.6 Å². The first-order valence-electron chi connectivity index (χ1n) is 7.00. The van der Waals surface area contributed by atoms with Gasteiger partial charge in [0.2, 0.25) is 0 Å². The summed E-state index contributed by atoms with van der Waals surface area (Å²) in [6, 6.07) is 8.20. The maximum atomic E-state index is 6.28. The zero-order chi connectivity index (χ0) is 13.8. The van der Waals surface area contributed by atoms with Crippen molar-refractivity contribution in [1.29, 1.82) is 0 Å². The van der Waals surface area contributed by atoms with Gasteiger partial charge in [-0.25, -0.2) is 4.68 Å². The zero-order valence-corrected chi connectivity index (χ0v) is 12.1. The van der Waals surface area contributed by atoms with Crippen LogP contribution in [0, 0.1) is 0 Å². The van der Waals surface area contributed by atoms with Crippen molar-refractivity contribution in [3.05, 3.63) is 41.2 Å². The Morgan fingerprint density at radius 1 is 1.25 bits per heavy atom. The molecule has 6 heteroatoms. The van der Waals surface area contributed by atoms with Crippen molar-refractivity contribution < 1.29 is 0 Å².